The largest absolute Gasteiger partial charge is 0.383 e. The number of hydrogen-bond donors (Lipinski definition) is 0. The highest BCUT2D eigenvalue weighted by atomic mass is 35.5. The Morgan fingerprint density at radius 3 is 2.63 bits per heavy atom. The van der Waals surface area contributed by atoms with Gasteiger partial charge >= 0.3 is 0 Å². The van der Waals surface area contributed by atoms with E-state index in [2.05, 4.69) is 4.98 Å². The molecule has 0 radical (unpaired) electrons. The van der Waals surface area contributed by atoms with Crippen molar-refractivity contribution in [3.05, 3.63) is 10.7 Å². The van der Waals surface area contributed by atoms with Gasteiger partial charge in [-0.1, -0.05) is 22.9 Å². The molecule has 1 rings (SSSR count). The number of sulfonamides is 1. The Kier molecular flexibility index (Phi) is 6.64. The molecular weight excluding hydrogens is 312 g/mol. The lowest BCUT2D eigenvalue weighted by Gasteiger charge is -2.26. The molecule has 0 aliphatic carbocycles. The van der Waals surface area contributed by atoms with E-state index in [1.54, 1.807) is 6.92 Å². The third-order valence-electron chi connectivity index (χ3n) is 2.43. The van der Waals surface area contributed by atoms with Crippen LogP contribution in [0.1, 0.15) is 6.92 Å². The van der Waals surface area contributed by atoms with Crippen molar-refractivity contribution >= 4 is 33.0 Å². The molecule has 0 spiro atoms. The van der Waals surface area contributed by atoms with Gasteiger partial charge in [0.1, 0.15) is 0 Å². The van der Waals surface area contributed by atoms with Gasteiger partial charge in [-0.2, -0.15) is 4.31 Å². The molecule has 1 unspecified atom stereocenters. The van der Waals surface area contributed by atoms with E-state index in [-0.39, 0.29) is 21.3 Å². The molecular formula is C10H17ClN2O4S2. The van der Waals surface area contributed by atoms with Gasteiger partial charge in [0.2, 0.25) is 0 Å². The first-order chi connectivity index (χ1) is 8.93. The molecule has 0 aliphatic rings. The van der Waals surface area contributed by atoms with Gasteiger partial charge in [0.05, 0.1) is 19.4 Å². The summed E-state index contributed by atoms with van der Waals surface area (Å²) in [6.07, 6.45) is 1.27. The van der Waals surface area contributed by atoms with Gasteiger partial charge in [0.15, 0.2) is 8.68 Å². The quantitative estimate of drug-likeness (QED) is 0.723. The lowest BCUT2D eigenvalue weighted by atomic mass is 10.3. The minimum atomic E-state index is -3.63. The van der Waals surface area contributed by atoms with E-state index in [1.165, 1.54) is 24.7 Å². The van der Waals surface area contributed by atoms with Crippen molar-refractivity contribution in [3.8, 4) is 0 Å². The van der Waals surface area contributed by atoms with Gasteiger partial charge in [-0.15, -0.1) is 0 Å². The highest BCUT2D eigenvalue weighted by Gasteiger charge is 2.30. The Morgan fingerprint density at radius 1 is 1.47 bits per heavy atom. The van der Waals surface area contributed by atoms with Crippen LogP contribution in [-0.2, 0) is 19.5 Å². The van der Waals surface area contributed by atoms with Gasteiger partial charge in [-0.3, -0.25) is 0 Å². The zero-order valence-electron chi connectivity index (χ0n) is 11.0. The molecule has 0 saturated carbocycles. The van der Waals surface area contributed by atoms with E-state index in [0.717, 1.165) is 11.3 Å². The molecule has 9 heteroatoms. The van der Waals surface area contributed by atoms with E-state index in [4.69, 9.17) is 21.1 Å². The summed E-state index contributed by atoms with van der Waals surface area (Å²) in [5.74, 6) is 0. The topological polar surface area (TPSA) is 68.7 Å². The first-order valence-corrected chi connectivity index (χ1v) is 8.18. The molecule has 110 valence electrons. The molecule has 6 nitrogen and oxygen atoms in total. The molecule has 1 aromatic rings. The molecule has 0 aromatic carbocycles. The van der Waals surface area contributed by atoms with Gasteiger partial charge in [0, 0.05) is 26.8 Å². The van der Waals surface area contributed by atoms with E-state index in [1.807, 2.05) is 0 Å². The molecule has 0 bridgehead atoms. The maximum Gasteiger partial charge on any atom is 0.254 e. The Bertz CT molecular complexity index is 491. The summed E-state index contributed by atoms with van der Waals surface area (Å²) in [4.78, 5) is 3.77. The Hall–Kier alpha value is -0.250. The number of thiazole rings is 1. The van der Waals surface area contributed by atoms with Crippen LogP contribution in [0.15, 0.2) is 10.4 Å². The van der Waals surface area contributed by atoms with E-state index < -0.39 is 10.0 Å². The maximum absolute atomic E-state index is 12.5. The highest BCUT2D eigenvalue weighted by molar-refractivity contribution is 7.91. The Balaban J connectivity index is 3.01. The van der Waals surface area contributed by atoms with E-state index in [0.29, 0.717) is 13.2 Å². The second-order valence-corrected chi connectivity index (χ2v) is 7.58. The van der Waals surface area contributed by atoms with Crippen LogP contribution in [-0.4, -0.2) is 57.7 Å². The van der Waals surface area contributed by atoms with Crippen molar-refractivity contribution < 1.29 is 17.9 Å². The molecule has 19 heavy (non-hydrogen) atoms. The number of aromatic nitrogens is 1. The summed E-state index contributed by atoms with van der Waals surface area (Å²) in [5.41, 5.74) is 0. The second kappa shape index (κ2) is 7.51. The van der Waals surface area contributed by atoms with Crippen LogP contribution in [0.3, 0.4) is 0 Å². The fourth-order valence-electron chi connectivity index (χ4n) is 1.56. The SMILES string of the molecule is COCCN(C(C)COC)S(=O)(=O)c1cnc(Cl)s1. The zero-order chi connectivity index (χ0) is 14.5. The summed E-state index contributed by atoms with van der Waals surface area (Å²) in [5, 5.41) is 0. The van der Waals surface area contributed by atoms with Gasteiger partial charge in [-0.25, -0.2) is 13.4 Å². The lowest BCUT2D eigenvalue weighted by molar-refractivity contribution is 0.119. The van der Waals surface area contributed by atoms with Crippen LogP contribution in [0.4, 0.5) is 0 Å². The summed E-state index contributed by atoms with van der Waals surface area (Å²) in [7, 11) is -0.577. The zero-order valence-corrected chi connectivity index (χ0v) is 13.4. The summed E-state index contributed by atoms with van der Waals surface area (Å²) in [6.45, 7) is 2.63. The fraction of sp³-hybridized carbons (Fsp3) is 0.700. The number of methoxy groups -OCH3 is 2. The standard InChI is InChI=1S/C10H17ClN2O4S2/c1-8(7-17-3)13(4-5-16-2)19(14,15)9-6-12-10(11)18-9/h6,8H,4-5,7H2,1-3H3. The van der Waals surface area contributed by atoms with E-state index in [9.17, 15) is 8.42 Å². The number of ether oxygens (including phenoxy) is 2. The smallest absolute Gasteiger partial charge is 0.254 e. The van der Waals surface area contributed by atoms with Crippen LogP contribution in [0.5, 0.6) is 0 Å². The first kappa shape index (κ1) is 16.8. The van der Waals surface area contributed by atoms with Crippen LogP contribution in [0.2, 0.25) is 4.47 Å². The minimum Gasteiger partial charge on any atom is -0.383 e. The summed E-state index contributed by atoms with van der Waals surface area (Å²) >= 11 is 6.63. The van der Waals surface area contributed by atoms with Crippen molar-refractivity contribution in [1.82, 2.24) is 9.29 Å². The molecule has 1 atom stereocenters. The average Bonchev–Trinajstić information content (AvgIpc) is 2.77. The molecule has 0 aliphatic heterocycles. The second-order valence-electron chi connectivity index (χ2n) is 3.85. The molecule has 1 aromatic heterocycles. The minimum absolute atomic E-state index is 0.122. The van der Waals surface area contributed by atoms with Crippen molar-refractivity contribution in [2.45, 2.75) is 17.2 Å². The monoisotopic (exact) mass is 328 g/mol. The van der Waals surface area contributed by atoms with Crippen molar-refractivity contribution in [2.24, 2.45) is 0 Å². The van der Waals surface area contributed by atoms with Crippen molar-refractivity contribution in [2.75, 3.05) is 34.0 Å². The molecule has 0 saturated heterocycles. The molecule has 0 N–H and O–H groups in total. The normalized spacial score (nSPS) is 13.9. The van der Waals surface area contributed by atoms with Crippen molar-refractivity contribution in [3.63, 3.8) is 0 Å². The molecule has 1 heterocycles. The number of nitrogens with zero attached hydrogens (tertiary/aromatic N) is 2. The first-order valence-electron chi connectivity index (χ1n) is 5.54. The maximum atomic E-state index is 12.5. The van der Waals surface area contributed by atoms with Crippen LogP contribution < -0.4 is 0 Å². The van der Waals surface area contributed by atoms with Gasteiger partial charge < -0.3 is 9.47 Å². The Labute approximate surface area is 122 Å². The predicted octanol–water partition coefficient (Wildman–Crippen LogP) is 1.47. The molecule has 0 amide bonds. The van der Waals surface area contributed by atoms with Crippen LogP contribution in [0.25, 0.3) is 0 Å². The van der Waals surface area contributed by atoms with Gasteiger partial charge in [-0.05, 0) is 6.92 Å². The summed E-state index contributed by atoms with van der Waals surface area (Å²) in [6, 6.07) is -0.300. The predicted molar refractivity (Wildman–Crippen MR) is 74.2 cm³/mol. The molecule has 0 fully saturated rings. The fourth-order valence-corrected chi connectivity index (χ4v) is 4.58. The van der Waals surface area contributed by atoms with Crippen LogP contribution in [0, 0.1) is 0 Å². The number of rotatable bonds is 8. The van der Waals surface area contributed by atoms with Crippen LogP contribution >= 0.6 is 22.9 Å². The third-order valence-corrected chi connectivity index (χ3v) is 6.00. The number of hydrogen-bond acceptors (Lipinski definition) is 6. The highest BCUT2D eigenvalue weighted by Crippen LogP contribution is 2.26. The lowest BCUT2D eigenvalue weighted by Crippen LogP contribution is -2.42. The Morgan fingerprint density at radius 2 is 2.16 bits per heavy atom. The van der Waals surface area contributed by atoms with Crippen molar-refractivity contribution in [1.29, 1.82) is 0 Å². The summed E-state index contributed by atoms with van der Waals surface area (Å²) < 4.78 is 36.6. The van der Waals surface area contributed by atoms with E-state index >= 15 is 0 Å². The number of halogens is 1. The average molecular weight is 329 g/mol. The van der Waals surface area contributed by atoms with Gasteiger partial charge in [0.25, 0.3) is 10.0 Å². The third kappa shape index (κ3) is 4.37.